The molecular weight excluding hydrogens is 246 g/mol. The average molecular weight is 270 g/mol. The first-order valence-electron chi connectivity index (χ1n) is 6.50. The molecule has 0 N–H and O–H groups in total. The summed E-state index contributed by atoms with van der Waals surface area (Å²) >= 11 is 5.72. The smallest absolute Gasteiger partial charge is 0.241 e. The SMILES string of the molecule is C=C1C=C(N(CC(C)C)C(=O)CCl)CC(C)(C)C1. The van der Waals surface area contributed by atoms with Crippen molar-refractivity contribution < 1.29 is 4.79 Å². The maximum Gasteiger partial charge on any atom is 0.241 e. The molecule has 0 atom stereocenters. The van der Waals surface area contributed by atoms with E-state index in [1.54, 1.807) is 0 Å². The molecule has 0 aromatic heterocycles. The van der Waals surface area contributed by atoms with Crippen molar-refractivity contribution >= 4 is 17.5 Å². The fourth-order valence-corrected chi connectivity index (χ4v) is 2.64. The Morgan fingerprint density at radius 1 is 1.50 bits per heavy atom. The third-order valence-corrected chi connectivity index (χ3v) is 3.27. The Morgan fingerprint density at radius 3 is 2.56 bits per heavy atom. The summed E-state index contributed by atoms with van der Waals surface area (Å²) in [6.07, 6.45) is 3.94. The average Bonchev–Trinajstić information content (AvgIpc) is 2.21. The molecular formula is C15H24ClNO. The minimum absolute atomic E-state index is 0.0119. The van der Waals surface area contributed by atoms with E-state index in [9.17, 15) is 4.79 Å². The maximum atomic E-state index is 12.0. The molecule has 0 saturated heterocycles. The number of allylic oxidation sites excluding steroid dienone is 3. The van der Waals surface area contributed by atoms with Gasteiger partial charge in [-0.2, -0.15) is 0 Å². The minimum Gasteiger partial charge on any atom is -0.315 e. The van der Waals surface area contributed by atoms with Gasteiger partial charge in [-0.15, -0.1) is 11.6 Å². The number of rotatable bonds is 4. The predicted molar refractivity (Wildman–Crippen MR) is 77.5 cm³/mol. The second-order valence-corrected chi connectivity index (χ2v) is 6.61. The van der Waals surface area contributed by atoms with Gasteiger partial charge in [0.25, 0.3) is 0 Å². The molecule has 1 rings (SSSR count). The van der Waals surface area contributed by atoms with Crippen molar-refractivity contribution in [3.8, 4) is 0 Å². The van der Waals surface area contributed by atoms with Gasteiger partial charge in [-0.3, -0.25) is 4.79 Å². The minimum atomic E-state index is -0.0119. The summed E-state index contributed by atoms with van der Waals surface area (Å²) in [5, 5.41) is 0. The standard InChI is InChI=1S/C15H24ClNO/c1-11(2)10-17(14(18)9-16)13-6-12(3)7-15(4,5)8-13/h6,11H,3,7-10H2,1-2,4-5H3. The quantitative estimate of drug-likeness (QED) is 0.707. The van der Waals surface area contributed by atoms with Gasteiger partial charge in [0.05, 0.1) is 0 Å². The van der Waals surface area contributed by atoms with Gasteiger partial charge >= 0.3 is 0 Å². The van der Waals surface area contributed by atoms with Crippen molar-refractivity contribution in [3.05, 3.63) is 23.9 Å². The first-order chi connectivity index (χ1) is 8.25. The van der Waals surface area contributed by atoms with Gasteiger partial charge in [-0.05, 0) is 30.3 Å². The highest BCUT2D eigenvalue weighted by atomic mass is 35.5. The van der Waals surface area contributed by atoms with Crippen LogP contribution in [-0.2, 0) is 4.79 Å². The van der Waals surface area contributed by atoms with Crippen molar-refractivity contribution in [1.29, 1.82) is 0 Å². The number of carbonyl (C=O) groups is 1. The highest BCUT2D eigenvalue weighted by molar-refractivity contribution is 6.27. The molecule has 0 aromatic carbocycles. The predicted octanol–water partition coefficient (Wildman–Crippen LogP) is 3.97. The molecule has 1 aliphatic carbocycles. The Kier molecular flexibility index (Phi) is 5.03. The van der Waals surface area contributed by atoms with Crippen molar-refractivity contribution in [3.63, 3.8) is 0 Å². The van der Waals surface area contributed by atoms with E-state index in [0.717, 1.165) is 30.7 Å². The van der Waals surface area contributed by atoms with Gasteiger partial charge in [0, 0.05) is 12.2 Å². The molecule has 0 unspecified atom stereocenters. The summed E-state index contributed by atoms with van der Waals surface area (Å²) in [4.78, 5) is 13.8. The first kappa shape index (κ1) is 15.3. The van der Waals surface area contributed by atoms with Gasteiger partial charge < -0.3 is 4.90 Å². The van der Waals surface area contributed by atoms with E-state index >= 15 is 0 Å². The molecule has 0 fully saturated rings. The lowest BCUT2D eigenvalue weighted by atomic mass is 9.77. The number of halogens is 1. The van der Waals surface area contributed by atoms with Gasteiger partial charge in [-0.1, -0.05) is 39.8 Å². The normalized spacial score (nSPS) is 18.8. The number of hydrogen-bond acceptors (Lipinski definition) is 1. The molecule has 0 saturated carbocycles. The highest BCUT2D eigenvalue weighted by Gasteiger charge is 2.29. The van der Waals surface area contributed by atoms with Crippen molar-refractivity contribution in [2.24, 2.45) is 11.3 Å². The van der Waals surface area contributed by atoms with Crippen molar-refractivity contribution in [2.45, 2.75) is 40.5 Å². The summed E-state index contributed by atoms with van der Waals surface area (Å²) in [6.45, 7) is 13.4. The van der Waals surface area contributed by atoms with Crippen LogP contribution in [0.5, 0.6) is 0 Å². The Balaban J connectivity index is 2.98. The van der Waals surface area contributed by atoms with Gasteiger partial charge in [-0.25, -0.2) is 0 Å². The van der Waals surface area contributed by atoms with Gasteiger partial charge in [0.15, 0.2) is 0 Å². The van der Waals surface area contributed by atoms with Crippen LogP contribution in [0.2, 0.25) is 0 Å². The lowest BCUT2D eigenvalue weighted by molar-refractivity contribution is -0.127. The molecule has 1 aliphatic rings. The summed E-state index contributed by atoms with van der Waals surface area (Å²) < 4.78 is 0. The second kappa shape index (κ2) is 5.92. The molecule has 3 heteroatoms. The van der Waals surface area contributed by atoms with Crippen LogP contribution >= 0.6 is 11.6 Å². The van der Waals surface area contributed by atoms with E-state index < -0.39 is 0 Å². The second-order valence-electron chi connectivity index (χ2n) is 6.34. The zero-order valence-electron chi connectivity index (χ0n) is 11.9. The molecule has 0 heterocycles. The van der Waals surface area contributed by atoms with Crippen LogP contribution in [0.3, 0.4) is 0 Å². The number of carbonyl (C=O) groups excluding carboxylic acids is 1. The number of alkyl halides is 1. The van der Waals surface area contributed by atoms with Gasteiger partial charge in [0.1, 0.15) is 5.88 Å². The van der Waals surface area contributed by atoms with Crippen LogP contribution in [0, 0.1) is 11.3 Å². The molecule has 0 bridgehead atoms. The Morgan fingerprint density at radius 2 is 2.11 bits per heavy atom. The molecule has 2 nitrogen and oxygen atoms in total. The molecule has 18 heavy (non-hydrogen) atoms. The zero-order chi connectivity index (χ0) is 13.9. The van der Waals surface area contributed by atoms with E-state index in [1.807, 2.05) is 4.90 Å². The molecule has 1 amide bonds. The Bertz CT molecular complexity index is 369. The lowest BCUT2D eigenvalue weighted by Crippen LogP contribution is -2.37. The third-order valence-electron chi connectivity index (χ3n) is 3.05. The van der Waals surface area contributed by atoms with Crippen molar-refractivity contribution in [1.82, 2.24) is 4.90 Å². The third kappa shape index (κ3) is 4.16. The maximum absolute atomic E-state index is 12.0. The van der Waals surface area contributed by atoms with Crippen LogP contribution in [0.4, 0.5) is 0 Å². The topological polar surface area (TPSA) is 20.3 Å². The van der Waals surface area contributed by atoms with Crippen LogP contribution in [0.25, 0.3) is 0 Å². The van der Waals surface area contributed by atoms with Gasteiger partial charge in [0.2, 0.25) is 5.91 Å². The summed E-state index contributed by atoms with van der Waals surface area (Å²) in [5.41, 5.74) is 2.33. The number of amides is 1. The fraction of sp³-hybridized carbons (Fsp3) is 0.667. The highest BCUT2D eigenvalue weighted by Crippen LogP contribution is 2.38. The molecule has 0 aliphatic heterocycles. The van der Waals surface area contributed by atoms with E-state index in [0.29, 0.717) is 5.92 Å². The largest absolute Gasteiger partial charge is 0.315 e. The summed E-state index contributed by atoms with van der Waals surface area (Å²) in [7, 11) is 0. The molecule has 0 aromatic rings. The lowest BCUT2D eigenvalue weighted by Gasteiger charge is -2.36. The zero-order valence-corrected chi connectivity index (χ0v) is 12.7. The number of nitrogens with zero attached hydrogens (tertiary/aromatic N) is 1. The first-order valence-corrected chi connectivity index (χ1v) is 7.03. The van der Waals surface area contributed by atoms with Crippen LogP contribution in [0.1, 0.15) is 40.5 Å². The van der Waals surface area contributed by atoms with Crippen molar-refractivity contribution in [2.75, 3.05) is 12.4 Å². The van der Waals surface area contributed by atoms with E-state index in [2.05, 4.69) is 40.3 Å². The van der Waals surface area contributed by atoms with E-state index in [1.165, 1.54) is 0 Å². The summed E-state index contributed by atoms with van der Waals surface area (Å²) in [5.74, 6) is 0.454. The molecule has 102 valence electrons. The number of hydrogen-bond donors (Lipinski definition) is 0. The Hall–Kier alpha value is -0.760. The van der Waals surface area contributed by atoms with Crippen LogP contribution in [0.15, 0.2) is 23.9 Å². The summed E-state index contributed by atoms with van der Waals surface area (Å²) in [6, 6.07) is 0. The molecule has 0 radical (unpaired) electrons. The van der Waals surface area contributed by atoms with Crippen LogP contribution in [-0.4, -0.2) is 23.2 Å². The fourth-order valence-electron chi connectivity index (χ4n) is 2.50. The van der Waals surface area contributed by atoms with E-state index in [-0.39, 0.29) is 17.2 Å². The van der Waals surface area contributed by atoms with E-state index in [4.69, 9.17) is 11.6 Å². The van der Waals surface area contributed by atoms with Crippen LogP contribution < -0.4 is 0 Å². The Labute approximate surface area is 116 Å². The monoisotopic (exact) mass is 269 g/mol. The molecule has 0 spiro atoms.